The average Bonchev–Trinajstić information content (AvgIpc) is 2.66. The van der Waals surface area contributed by atoms with E-state index in [-0.39, 0.29) is 0 Å². The molecule has 3 rings (SSSR count). The number of benzene rings is 2. The van der Waals surface area contributed by atoms with E-state index in [1.54, 1.807) is 7.05 Å². The molecule has 0 bridgehead atoms. The molecule has 0 saturated heterocycles. The normalized spacial score (nSPS) is 15.3. The summed E-state index contributed by atoms with van der Waals surface area (Å²) in [5, 5.41) is 0. The highest BCUT2D eigenvalue weighted by molar-refractivity contribution is 6.01. The summed E-state index contributed by atoms with van der Waals surface area (Å²) in [6, 6.07) is 15.5. The number of rotatable bonds is 6. The van der Waals surface area contributed by atoms with Crippen LogP contribution >= 0.6 is 0 Å². The smallest absolute Gasteiger partial charge is 0.409 e. The van der Waals surface area contributed by atoms with Crippen molar-refractivity contribution >= 4 is 23.6 Å². The van der Waals surface area contributed by atoms with Gasteiger partial charge < -0.3 is 14.2 Å². The molecule has 136 valence electrons. The van der Waals surface area contributed by atoms with Crippen LogP contribution in [0.4, 0.5) is 10.5 Å². The Kier molecular flexibility index (Phi) is 5.71. The third-order valence-electron chi connectivity index (χ3n) is 4.12. The van der Waals surface area contributed by atoms with E-state index in [1.807, 2.05) is 68.5 Å². The topological polar surface area (TPSA) is 48.0 Å². The van der Waals surface area contributed by atoms with Crippen LogP contribution in [-0.4, -0.2) is 26.4 Å². The molecule has 0 atom stereocenters. The summed E-state index contributed by atoms with van der Waals surface area (Å²) >= 11 is 0. The second-order valence-electron chi connectivity index (χ2n) is 5.87. The lowest BCUT2D eigenvalue weighted by molar-refractivity contribution is -0.140. The van der Waals surface area contributed by atoms with E-state index < -0.39 is 12.4 Å². The number of hydrogen-bond donors (Lipinski definition) is 0. The first-order chi connectivity index (χ1) is 12.6. The minimum atomic E-state index is -0.448. The molecule has 0 N–H and O–H groups in total. The average molecular weight is 353 g/mol. The Hall–Kier alpha value is -2.63. The molecule has 5 heteroatoms. The summed E-state index contributed by atoms with van der Waals surface area (Å²) in [6.07, 6.45) is 1.01. The molecule has 0 unspecified atom stereocenters. The molecular formula is C21H23NO4. The van der Waals surface area contributed by atoms with Crippen molar-refractivity contribution in [3.05, 3.63) is 65.2 Å². The maximum Gasteiger partial charge on any atom is 0.419 e. The van der Waals surface area contributed by atoms with Crippen LogP contribution in [0, 0.1) is 0 Å². The van der Waals surface area contributed by atoms with Crippen molar-refractivity contribution in [3.63, 3.8) is 0 Å². The Morgan fingerprint density at radius 2 is 1.77 bits per heavy atom. The molecule has 2 aromatic carbocycles. The summed E-state index contributed by atoms with van der Waals surface area (Å²) in [5.74, 6) is 0.517. The van der Waals surface area contributed by atoms with Crippen molar-refractivity contribution in [2.45, 2.75) is 20.1 Å². The minimum absolute atomic E-state index is 0.404. The van der Waals surface area contributed by atoms with E-state index >= 15 is 0 Å². The van der Waals surface area contributed by atoms with Gasteiger partial charge in [-0.05, 0) is 37.6 Å². The van der Waals surface area contributed by atoms with Crippen LogP contribution in [0.1, 0.15) is 36.8 Å². The maximum atomic E-state index is 12.2. The lowest BCUT2D eigenvalue weighted by Crippen LogP contribution is -2.31. The van der Waals surface area contributed by atoms with Crippen molar-refractivity contribution in [2.75, 3.05) is 25.2 Å². The van der Waals surface area contributed by atoms with E-state index in [9.17, 15) is 4.79 Å². The van der Waals surface area contributed by atoms with Crippen LogP contribution in [0.25, 0.3) is 11.8 Å². The van der Waals surface area contributed by atoms with Crippen LogP contribution in [-0.2, 0) is 14.2 Å². The van der Waals surface area contributed by atoms with E-state index in [4.69, 9.17) is 14.2 Å². The zero-order chi connectivity index (χ0) is 18.5. The van der Waals surface area contributed by atoms with E-state index in [0.717, 1.165) is 22.4 Å². The van der Waals surface area contributed by atoms with Gasteiger partial charge in [0.25, 0.3) is 0 Å². The summed E-state index contributed by atoms with van der Waals surface area (Å²) in [5.41, 5.74) is 3.47. The van der Waals surface area contributed by atoms with Crippen molar-refractivity contribution in [1.29, 1.82) is 0 Å². The summed E-state index contributed by atoms with van der Waals surface area (Å²) < 4.78 is 16.9. The van der Waals surface area contributed by atoms with Gasteiger partial charge in [0, 0.05) is 31.4 Å². The van der Waals surface area contributed by atoms with Gasteiger partial charge in [-0.2, -0.15) is 0 Å². The van der Waals surface area contributed by atoms with Gasteiger partial charge >= 0.3 is 6.09 Å². The second kappa shape index (κ2) is 8.17. The fraction of sp³-hybridized carbons (Fsp3) is 0.286. The van der Waals surface area contributed by atoms with E-state index in [0.29, 0.717) is 19.0 Å². The number of carbonyl (C=O) groups is 1. The third kappa shape index (κ3) is 3.79. The van der Waals surface area contributed by atoms with Gasteiger partial charge in [0.1, 0.15) is 5.76 Å². The number of nitrogens with zero attached hydrogens (tertiary/aromatic N) is 1. The van der Waals surface area contributed by atoms with E-state index in [2.05, 4.69) is 0 Å². The van der Waals surface area contributed by atoms with Crippen molar-refractivity contribution in [1.82, 2.24) is 0 Å². The number of ether oxygens (including phenoxy) is 3. The molecule has 0 aromatic heterocycles. The maximum absolute atomic E-state index is 12.2. The Morgan fingerprint density at radius 1 is 1.08 bits per heavy atom. The second-order valence-corrected chi connectivity index (χ2v) is 5.87. The van der Waals surface area contributed by atoms with Gasteiger partial charge in [-0.15, -0.1) is 0 Å². The van der Waals surface area contributed by atoms with Gasteiger partial charge in [-0.1, -0.05) is 36.4 Å². The van der Waals surface area contributed by atoms with E-state index in [1.165, 1.54) is 4.90 Å². The zero-order valence-corrected chi connectivity index (χ0v) is 15.3. The molecule has 0 spiro atoms. The minimum Gasteiger partial charge on any atom is -0.409 e. The van der Waals surface area contributed by atoms with Gasteiger partial charge in [-0.3, -0.25) is 4.90 Å². The number of hydrogen-bond acceptors (Lipinski definition) is 4. The summed E-state index contributed by atoms with van der Waals surface area (Å²) in [4.78, 5) is 13.7. The quantitative estimate of drug-likeness (QED) is 0.697. The van der Waals surface area contributed by atoms with Crippen LogP contribution in [0.3, 0.4) is 0 Å². The SMILES string of the molecule is CCOC(OCC)c1ccc2c(c1)/C(=C/c1ccccc1)OC(=O)N2C. The first kappa shape index (κ1) is 18.2. The molecule has 0 fully saturated rings. The molecule has 0 aliphatic carbocycles. The Labute approximate surface area is 153 Å². The van der Waals surface area contributed by atoms with Crippen LogP contribution < -0.4 is 4.90 Å². The molecule has 5 nitrogen and oxygen atoms in total. The highest BCUT2D eigenvalue weighted by Gasteiger charge is 2.28. The van der Waals surface area contributed by atoms with Crippen LogP contribution in [0.2, 0.25) is 0 Å². The molecule has 0 saturated carbocycles. The van der Waals surface area contributed by atoms with Gasteiger partial charge in [0.05, 0.1) is 5.69 Å². The first-order valence-electron chi connectivity index (χ1n) is 8.73. The Morgan fingerprint density at radius 3 is 2.42 bits per heavy atom. The number of fused-ring (bicyclic) bond motifs is 1. The van der Waals surface area contributed by atoms with Crippen LogP contribution in [0.5, 0.6) is 0 Å². The number of cyclic esters (lactones) is 1. The monoisotopic (exact) mass is 353 g/mol. The predicted octanol–water partition coefficient (Wildman–Crippen LogP) is 4.84. The largest absolute Gasteiger partial charge is 0.419 e. The Bertz CT molecular complexity index is 795. The molecule has 1 heterocycles. The first-order valence-corrected chi connectivity index (χ1v) is 8.73. The van der Waals surface area contributed by atoms with Gasteiger partial charge in [0.15, 0.2) is 6.29 Å². The highest BCUT2D eigenvalue weighted by atomic mass is 16.7. The van der Waals surface area contributed by atoms with Crippen molar-refractivity contribution in [2.24, 2.45) is 0 Å². The fourth-order valence-electron chi connectivity index (χ4n) is 2.86. The molecule has 1 aliphatic rings. The number of carbonyl (C=O) groups excluding carboxylic acids is 1. The third-order valence-corrected chi connectivity index (χ3v) is 4.12. The van der Waals surface area contributed by atoms with Gasteiger partial charge in [-0.25, -0.2) is 4.79 Å². The lowest BCUT2D eigenvalue weighted by Gasteiger charge is -2.28. The van der Waals surface area contributed by atoms with Gasteiger partial charge in [0.2, 0.25) is 0 Å². The number of anilines is 1. The van der Waals surface area contributed by atoms with Crippen molar-refractivity contribution < 1.29 is 19.0 Å². The summed E-state index contributed by atoms with van der Waals surface area (Å²) in [7, 11) is 1.70. The molecule has 1 amide bonds. The predicted molar refractivity (Wildman–Crippen MR) is 102 cm³/mol. The highest BCUT2D eigenvalue weighted by Crippen LogP contribution is 2.36. The molecular weight excluding hydrogens is 330 g/mol. The van der Waals surface area contributed by atoms with Crippen LogP contribution in [0.15, 0.2) is 48.5 Å². The molecule has 2 aromatic rings. The molecule has 1 aliphatic heterocycles. The van der Waals surface area contributed by atoms with Crippen molar-refractivity contribution in [3.8, 4) is 0 Å². The Balaban J connectivity index is 2.06. The standard InChI is InChI=1S/C21H23NO4/c1-4-24-20(25-5-2)16-11-12-18-17(14-16)19(26-21(23)22(18)3)13-15-9-7-6-8-10-15/h6-14,20H,4-5H2,1-3H3/b19-13-. The lowest BCUT2D eigenvalue weighted by atomic mass is 10.0. The summed E-state index contributed by atoms with van der Waals surface area (Å²) in [6.45, 7) is 4.95. The molecule has 0 radical (unpaired) electrons. The number of amides is 1. The molecule has 26 heavy (non-hydrogen) atoms. The fourth-order valence-corrected chi connectivity index (χ4v) is 2.86. The zero-order valence-electron chi connectivity index (χ0n) is 15.3.